The third-order valence-electron chi connectivity index (χ3n) is 8.90. The molecule has 2 unspecified atom stereocenters. The van der Waals surface area contributed by atoms with Crippen LogP contribution < -0.4 is 20.7 Å². The van der Waals surface area contributed by atoms with Crippen molar-refractivity contribution in [2.75, 3.05) is 27.4 Å². The molecule has 4 aromatic rings. The second-order valence-electron chi connectivity index (χ2n) is 13.0. The quantitative estimate of drug-likeness (QED) is 0.0728. The lowest BCUT2D eigenvalue weighted by atomic mass is 9.80. The van der Waals surface area contributed by atoms with Gasteiger partial charge in [-0.15, -0.1) is 0 Å². The van der Waals surface area contributed by atoms with Gasteiger partial charge in [0.2, 0.25) is 0 Å². The van der Waals surface area contributed by atoms with E-state index in [0.717, 1.165) is 27.3 Å². The third kappa shape index (κ3) is 8.87. The molecule has 0 bridgehead atoms. The molecular formula is C39H46FN4O8P. The fourth-order valence-electron chi connectivity index (χ4n) is 6.49. The van der Waals surface area contributed by atoms with E-state index in [1.54, 1.807) is 14.2 Å². The van der Waals surface area contributed by atoms with Crippen LogP contribution in [0.4, 0.5) is 4.39 Å². The summed E-state index contributed by atoms with van der Waals surface area (Å²) in [4.78, 5) is 27.1. The summed E-state index contributed by atoms with van der Waals surface area (Å²) in [6, 6.07) is 27.7. The van der Waals surface area contributed by atoms with Crippen LogP contribution >= 0.6 is 8.53 Å². The second-order valence-corrected chi connectivity index (χ2v) is 14.4. The van der Waals surface area contributed by atoms with E-state index in [1.165, 1.54) is 6.20 Å². The zero-order valence-electron chi connectivity index (χ0n) is 30.7. The Labute approximate surface area is 310 Å². The van der Waals surface area contributed by atoms with Gasteiger partial charge in [-0.25, -0.2) is 13.9 Å². The number of benzene rings is 3. The fraction of sp³-hybridized carbons (Fsp3) is 0.410. The molecular weight excluding hydrogens is 702 g/mol. The maximum atomic E-state index is 16.9. The van der Waals surface area contributed by atoms with Crippen LogP contribution in [0, 0.1) is 11.3 Å². The zero-order valence-corrected chi connectivity index (χ0v) is 31.6. The minimum Gasteiger partial charge on any atom is -0.497 e. The number of aromatic amines is 1. The van der Waals surface area contributed by atoms with E-state index in [1.807, 2.05) is 111 Å². The summed E-state index contributed by atoms with van der Waals surface area (Å²) in [7, 11) is 1.25. The van der Waals surface area contributed by atoms with Crippen molar-refractivity contribution >= 4 is 8.53 Å². The van der Waals surface area contributed by atoms with Crippen LogP contribution in [0.2, 0.25) is 0 Å². The molecule has 5 atom stereocenters. The number of hydrogen-bond donors (Lipinski definition) is 1. The van der Waals surface area contributed by atoms with Crippen molar-refractivity contribution in [1.29, 1.82) is 5.26 Å². The lowest BCUT2D eigenvalue weighted by Gasteiger charge is -2.39. The number of aromatic nitrogens is 2. The summed E-state index contributed by atoms with van der Waals surface area (Å²) in [6.45, 7) is 7.77. The molecule has 1 fully saturated rings. The average molecular weight is 749 g/mol. The van der Waals surface area contributed by atoms with Crippen molar-refractivity contribution in [2.45, 2.75) is 76.4 Å². The van der Waals surface area contributed by atoms with Crippen molar-refractivity contribution in [1.82, 2.24) is 14.2 Å². The maximum Gasteiger partial charge on any atom is 0.330 e. The third-order valence-corrected chi connectivity index (χ3v) is 11.0. The van der Waals surface area contributed by atoms with Gasteiger partial charge in [0.15, 0.2) is 12.4 Å². The first kappa shape index (κ1) is 39.8. The summed E-state index contributed by atoms with van der Waals surface area (Å²) in [6.07, 6.45) is -4.44. The Balaban J connectivity index is 1.62. The van der Waals surface area contributed by atoms with Crippen LogP contribution in [0.1, 0.15) is 57.0 Å². The fourth-order valence-corrected chi connectivity index (χ4v) is 8.25. The van der Waals surface area contributed by atoms with Gasteiger partial charge in [0.05, 0.1) is 39.9 Å². The number of methoxy groups -OCH3 is 2. The van der Waals surface area contributed by atoms with Gasteiger partial charge in [0.1, 0.15) is 29.3 Å². The molecule has 0 amide bonds. The van der Waals surface area contributed by atoms with E-state index in [4.69, 9.17) is 28.0 Å². The van der Waals surface area contributed by atoms with E-state index in [0.29, 0.717) is 11.5 Å². The first-order chi connectivity index (χ1) is 25.5. The van der Waals surface area contributed by atoms with Crippen LogP contribution in [0.25, 0.3) is 0 Å². The molecule has 12 nitrogen and oxygen atoms in total. The molecule has 282 valence electrons. The number of nitrogens with zero attached hydrogens (tertiary/aromatic N) is 3. The molecule has 1 saturated heterocycles. The van der Waals surface area contributed by atoms with Gasteiger partial charge in [-0.3, -0.25) is 14.3 Å². The highest BCUT2D eigenvalue weighted by Crippen LogP contribution is 2.51. The van der Waals surface area contributed by atoms with Crippen LogP contribution in [0.3, 0.4) is 0 Å². The van der Waals surface area contributed by atoms with E-state index >= 15 is 4.39 Å². The monoisotopic (exact) mass is 748 g/mol. The molecule has 53 heavy (non-hydrogen) atoms. The molecule has 0 saturated carbocycles. The molecule has 5 rings (SSSR count). The number of nitrogens with one attached hydrogen (secondary N) is 1. The second kappa shape index (κ2) is 18.1. The normalized spacial score (nSPS) is 19.4. The minimum atomic E-state index is -1.93. The van der Waals surface area contributed by atoms with Gasteiger partial charge in [0.25, 0.3) is 14.1 Å². The standard InChI is InChI=1S/C39H46FN4O8P/c1-26(2)44(27(3)4)53(50-24-10-22-41)52-36-33(51-37(35(36)40)43-23-21-34(45)42-38(43)46)25-49-39(28-11-8-7-9-12-28,29-13-17-31(47-5)18-14-29)30-15-19-32(48-6)20-16-30/h7-9,11-21,23,26-27,33,35-37H,10,24-25H2,1-6H3,(H,42,45,46)/t33-,35?,36+,37-,53?/m1/s1. The average Bonchev–Trinajstić information content (AvgIpc) is 3.46. The van der Waals surface area contributed by atoms with Crippen LogP contribution in [0.5, 0.6) is 11.5 Å². The number of H-pyrrole nitrogens is 1. The van der Waals surface area contributed by atoms with Crippen molar-refractivity contribution in [3.63, 3.8) is 0 Å². The van der Waals surface area contributed by atoms with Gasteiger partial charge in [-0.1, -0.05) is 54.6 Å². The first-order valence-electron chi connectivity index (χ1n) is 17.4. The molecule has 14 heteroatoms. The Morgan fingerprint density at radius 3 is 1.98 bits per heavy atom. The minimum absolute atomic E-state index is 0.0632. The molecule has 0 aliphatic carbocycles. The summed E-state index contributed by atoms with van der Waals surface area (Å²) >= 11 is 0. The molecule has 3 aromatic carbocycles. The van der Waals surface area contributed by atoms with Crippen LogP contribution in [-0.2, 0) is 24.1 Å². The molecule has 1 aromatic heterocycles. The van der Waals surface area contributed by atoms with Gasteiger partial charge in [-0.2, -0.15) is 5.26 Å². The van der Waals surface area contributed by atoms with E-state index in [-0.39, 0.29) is 31.7 Å². The highest BCUT2D eigenvalue weighted by atomic mass is 31.2. The summed E-state index contributed by atoms with van der Waals surface area (Å²) in [5.41, 5.74) is -0.435. The highest BCUT2D eigenvalue weighted by Gasteiger charge is 2.51. The predicted octanol–water partition coefficient (Wildman–Crippen LogP) is 6.46. The number of nitriles is 1. The Morgan fingerprint density at radius 2 is 1.47 bits per heavy atom. The van der Waals surface area contributed by atoms with Gasteiger partial charge in [-0.05, 0) is 68.7 Å². The number of ether oxygens (including phenoxy) is 4. The Kier molecular flexibility index (Phi) is 13.6. The van der Waals surface area contributed by atoms with Crippen molar-refractivity contribution in [2.24, 2.45) is 0 Å². The molecule has 0 spiro atoms. The van der Waals surface area contributed by atoms with Crippen molar-refractivity contribution in [3.8, 4) is 17.6 Å². The number of alkyl halides is 1. The first-order valence-corrected chi connectivity index (χ1v) is 18.5. The van der Waals surface area contributed by atoms with E-state index in [2.05, 4.69) is 11.1 Å². The largest absolute Gasteiger partial charge is 0.497 e. The van der Waals surface area contributed by atoms with E-state index in [9.17, 15) is 14.9 Å². The Bertz CT molecular complexity index is 1860. The topological polar surface area (TPSA) is 137 Å². The lowest BCUT2D eigenvalue weighted by molar-refractivity contribution is -0.0934. The van der Waals surface area contributed by atoms with Crippen LogP contribution in [-0.4, -0.2) is 72.1 Å². The van der Waals surface area contributed by atoms with Gasteiger partial charge >= 0.3 is 5.69 Å². The molecule has 1 aliphatic rings. The van der Waals surface area contributed by atoms with E-state index < -0.39 is 50.0 Å². The summed E-state index contributed by atoms with van der Waals surface area (Å²) in [5.74, 6) is 1.30. The van der Waals surface area contributed by atoms with Gasteiger partial charge < -0.3 is 28.0 Å². The maximum absolute atomic E-state index is 16.9. The summed E-state index contributed by atoms with van der Waals surface area (Å²) in [5, 5.41) is 9.25. The van der Waals surface area contributed by atoms with Crippen molar-refractivity contribution in [3.05, 3.63) is 129 Å². The van der Waals surface area contributed by atoms with Crippen LogP contribution in [0.15, 0.2) is 101 Å². The molecule has 1 N–H and O–H groups in total. The Morgan fingerprint density at radius 1 is 0.906 bits per heavy atom. The smallest absolute Gasteiger partial charge is 0.330 e. The number of rotatable bonds is 17. The lowest BCUT2D eigenvalue weighted by Crippen LogP contribution is -2.41. The Hall–Kier alpha value is -4.41. The predicted molar refractivity (Wildman–Crippen MR) is 198 cm³/mol. The summed E-state index contributed by atoms with van der Waals surface area (Å²) < 4.78 is 57.0. The molecule has 2 heterocycles. The zero-order chi connectivity index (χ0) is 38.1. The SMILES string of the molecule is COc1ccc(C(OC[C@H]2O[C@@H](n3ccc(=O)[nH]c3=O)C(F)[C@H]2OP(OCCC#N)N(C(C)C)C(C)C)(c2ccccc2)c2ccc(OC)cc2)cc1. The van der Waals surface area contributed by atoms with Gasteiger partial charge in [0, 0.05) is 24.3 Å². The molecule has 0 radical (unpaired) electrons. The number of hydrogen-bond acceptors (Lipinski definition) is 10. The number of halogens is 1. The van der Waals surface area contributed by atoms with Crippen molar-refractivity contribution < 1.29 is 32.4 Å². The molecule has 1 aliphatic heterocycles. The highest BCUT2D eigenvalue weighted by molar-refractivity contribution is 7.44.